The van der Waals surface area contributed by atoms with Crippen molar-refractivity contribution in [2.45, 2.75) is 11.9 Å². The van der Waals surface area contributed by atoms with Gasteiger partial charge in [-0.3, -0.25) is 10.3 Å². The van der Waals surface area contributed by atoms with Crippen molar-refractivity contribution in [2.24, 2.45) is 5.73 Å². The fourth-order valence-corrected chi connectivity index (χ4v) is 2.76. The topological polar surface area (TPSA) is 125 Å². The van der Waals surface area contributed by atoms with Crippen molar-refractivity contribution in [3.05, 3.63) is 35.9 Å². The van der Waals surface area contributed by atoms with Gasteiger partial charge in [0.25, 0.3) is 0 Å². The standard InChI is InChI=1S/C12H16NO7P.Li.H/c1-18-21(17,19-2)12(13,10(14)15)11(16)20-8-9-6-4-3-5-7-9;;/h3-7H,8,13H2,1-2H3,(H,14,15);;. The second kappa shape index (κ2) is 8.49. The van der Waals surface area contributed by atoms with E-state index in [1.54, 1.807) is 30.3 Å². The molecule has 0 spiro atoms. The first-order valence-corrected chi connectivity index (χ1v) is 7.31. The molecule has 3 N–H and O–H groups in total. The van der Waals surface area contributed by atoms with Crippen LogP contribution in [-0.2, 0) is 34.5 Å². The quantitative estimate of drug-likeness (QED) is 0.317. The van der Waals surface area contributed by atoms with Crippen molar-refractivity contribution >= 4 is 38.4 Å². The maximum atomic E-state index is 12.2. The minimum absolute atomic E-state index is 0. The van der Waals surface area contributed by atoms with E-state index in [2.05, 4.69) is 9.05 Å². The molecule has 0 bridgehead atoms. The predicted molar refractivity (Wildman–Crippen MR) is 79.6 cm³/mol. The molecule has 0 amide bonds. The van der Waals surface area contributed by atoms with Gasteiger partial charge < -0.3 is 18.9 Å². The van der Waals surface area contributed by atoms with Gasteiger partial charge in [0.15, 0.2) is 0 Å². The zero-order chi connectivity index (χ0) is 16.1. The summed E-state index contributed by atoms with van der Waals surface area (Å²) in [6, 6.07) is 8.52. The van der Waals surface area contributed by atoms with Crippen LogP contribution >= 0.6 is 7.60 Å². The average molecular weight is 325 g/mol. The summed E-state index contributed by atoms with van der Waals surface area (Å²) in [5, 5.41) is 6.20. The Labute approximate surface area is 139 Å². The number of carboxylic acids is 1. The van der Waals surface area contributed by atoms with Gasteiger partial charge in [0.2, 0.25) is 0 Å². The summed E-state index contributed by atoms with van der Waals surface area (Å²) in [4.78, 5) is 23.3. The summed E-state index contributed by atoms with van der Waals surface area (Å²) in [6.07, 6.45) is 0. The summed E-state index contributed by atoms with van der Waals surface area (Å²) in [5.74, 6) is -3.28. The number of rotatable bonds is 7. The SMILES string of the molecule is COP(=O)(OC)C(N)(C(=O)O)C(=O)OCc1ccccc1.[LiH]. The van der Waals surface area contributed by atoms with Crippen molar-refractivity contribution in [1.29, 1.82) is 0 Å². The second-order valence-electron chi connectivity index (χ2n) is 4.00. The Morgan fingerprint density at radius 3 is 2.14 bits per heavy atom. The Morgan fingerprint density at radius 2 is 1.73 bits per heavy atom. The van der Waals surface area contributed by atoms with Gasteiger partial charge in [-0.15, -0.1) is 0 Å². The van der Waals surface area contributed by atoms with E-state index in [0.29, 0.717) is 5.56 Å². The van der Waals surface area contributed by atoms with E-state index in [-0.39, 0.29) is 25.5 Å². The molecule has 0 heterocycles. The molecule has 0 saturated heterocycles. The van der Waals surface area contributed by atoms with Crippen LogP contribution in [0.2, 0.25) is 0 Å². The third kappa shape index (κ3) is 3.99. The Hall–Kier alpha value is -1.13. The molecule has 118 valence electrons. The van der Waals surface area contributed by atoms with E-state index in [1.807, 2.05) is 0 Å². The number of ether oxygens (including phenoxy) is 1. The molecule has 0 saturated carbocycles. The monoisotopic (exact) mass is 325 g/mol. The van der Waals surface area contributed by atoms with Gasteiger partial charge in [-0.05, 0) is 5.56 Å². The van der Waals surface area contributed by atoms with Gasteiger partial charge >= 0.3 is 43.7 Å². The number of hydrogen-bond donors (Lipinski definition) is 2. The molecule has 0 aliphatic heterocycles. The number of carboxylic acid groups (broad SMARTS) is 1. The number of aliphatic carboxylic acids is 1. The molecular weight excluding hydrogens is 308 g/mol. The normalized spacial score (nSPS) is 13.6. The van der Waals surface area contributed by atoms with Gasteiger partial charge in [0.1, 0.15) is 6.61 Å². The molecular formula is C12H17LiNO7P. The number of hydrogen-bond acceptors (Lipinski definition) is 7. The number of carbonyl (C=O) groups is 2. The summed E-state index contributed by atoms with van der Waals surface area (Å²) in [5.41, 5.74) is 6.07. The molecule has 1 rings (SSSR count). The third-order valence-corrected chi connectivity index (χ3v) is 4.96. The number of esters is 1. The molecule has 1 atom stereocenters. The van der Waals surface area contributed by atoms with E-state index in [0.717, 1.165) is 14.2 Å². The first-order valence-electron chi connectivity index (χ1n) is 5.77. The van der Waals surface area contributed by atoms with Gasteiger partial charge in [0.05, 0.1) is 0 Å². The van der Waals surface area contributed by atoms with Crippen molar-refractivity contribution in [3.8, 4) is 0 Å². The second-order valence-corrected chi connectivity index (χ2v) is 6.43. The van der Waals surface area contributed by atoms with Crippen molar-refractivity contribution in [1.82, 2.24) is 0 Å². The van der Waals surface area contributed by atoms with Crippen LogP contribution in [0.4, 0.5) is 0 Å². The zero-order valence-electron chi connectivity index (χ0n) is 11.5. The third-order valence-electron chi connectivity index (χ3n) is 2.76. The Morgan fingerprint density at radius 1 is 1.23 bits per heavy atom. The number of nitrogens with two attached hydrogens (primary N) is 1. The predicted octanol–water partition coefficient (Wildman–Crippen LogP) is 0.307. The van der Waals surface area contributed by atoms with E-state index >= 15 is 0 Å². The van der Waals surface area contributed by atoms with Crippen LogP contribution in [0.5, 0.6) is 0 Å². The van der Waals surface area contributed by atoms with Crippen LogP contribution in [-0.4, -0.2) is 55.4 Å². The van der Waals surface area contributed by atoms with Crippen LogP contribution < -0.4 is 5.73 Å². The van der Waals surface area contributed by atoms with Crippen LogP contribution in [0.15, 0.2) is 30.3 Å². The van der Waals surface area contributed by atoms with Crippen LogP contribution in [0, 0.1) is 0 Å². The Balaban J connectivity index is 0.00000441. The summed E-state index contributed by atoms with van der Waals surface area (Å²) in [7, 11) is -2.57. The van der Waals surface area contributed by atoms with Crippen LogP contribution in [0.1, 0.15) is 5.56 Å². The molecule has 0 aliphatic rings. The molecule has 0 aliphatic carbocycles. The van der Waals surface area contributed by atoms with Gasteiger partial charge in [-0.2, -0.15) is 0 Å². The first kappa shape index (κ1) is 20.9. The van der Waals surface area contributed by atoms with E-state index in [1.165, 1.54) is 0 Å². The molecule has 0 aromatic heterocycles. The molecule has 1 unspecified atom stereocenters. The number of carbonyl (C=O) groups excluding carboxylic acids is 1. The van der Waals surface area contributed by atoms with Crippen molar-refractivity contribution in [3.63, 3.8) is 0 Å². The molecule has 10 heteroatoms. The molecule has 0 fully saturated rings. The summed E-state index contributed by atoms with van der Waals surface area (Å²) < 4.78 is 26.1. The van der Waals surface area contributed by atoms with Gasteiger partial charge in [-0.1, -0.05) is 30.3 Å². The Kier molecular flexibility index (Phi) is 8.05. The molecule has 8 nitrogen and oxygen atoms in total. The minimum atomic E-state index is -4.43. The zero-order valence-corrected chi connectivity index (χ0v) is 12.4. The maximum absolute atomic E-state index is 12.2. The van der Waals surface area contributed by atoms with Crippen molar-refractivity contribution < 1.29 is 33.0 Å². The van der Waals surface area contributed by atoms with Crippen LogP contribution in [0.25, 0.3) is 0 Å². The Bertz CT molecular complexity index is 560. The molecule has 1 aromatic carbocycles. The van der Waals surface area contributed by atoms with Gasteiger partial charge in [0, 0.05) is 14.2 Å². The fourth-order valence-electron chi connectivity index (χ4n) is 1.51. The molecule has 1 aromatic rings. The van der Waals surface area contributed by atoms with Crippen molar-refractivity contribution in [2.75, 3.05) is 14.2 Å². The average Bonchev–Trinajstić information content (AvgIpc) is 2.51. The van der Waals surface area contributed by atoms with E-state index < -0.39 is 24.8 Å². The van der Waals surface area contributed by atoms with E-state index in [4.69, 9.17) is 15.6 Å². The number of benzene rings is 1. The fraction of sp³-hybridized carbons (Fsp3) is 0.333. The van der Waals surface area contributed by atoms with Crippen LogP contribution in [0.3, 0.4) is 0 Å². The summed E-state index contributed by atoms with van der Waals surface area (Å²) in [6.45, 7) is -0.223. The molecule has 22 heavy (non-hydrogen) atoms. The van der Waals surface area contributed by atoms with Gasteiger partial charge in [-0.25, -0.2) is 9.59 Å². The molecule has 0 radical (unpaired) electrons. The first-order chi connectivity index (χ1) is 9.81. The van der Waals surface area contributed by atoms with E-state index in [9.17, 15) is 14.2 Å². The summed E-state index contributed by atoms with van der Waals surface area (Å²) >= 11 is 0.